The van der Waals surface area contributed by atoms with Gasteiger partial charge in [0, 0.05) is 12.9 Å². The lowest BCUT2D eigenvalue weighted by molar-refractivity contribution is 0.0965. The van der Waals surface area contributed by atoms with Crippen molar-refractivity contribution in [1.82, 2.24) is 0 Å². The van der Waals surface area contributed by atoms with E-state index in [0.29, 0.717) is 12.5 Å². The number of hydrogen-bond donors (Lipinski definition) is 1. The van der Waals surface area contributed by atoms with Crippen LogP contribution in [0.5, 0.6) is 0 Å². The Hall–Kier alpha value is -0.130. The predicted octanol–water partition coefficient (Wildman–Crippen LogP) is 0.741. The lowest BCUT2D eigenvalue weighted by atomic mass is 10.1. The zero-order chi connectivity index (χ0) is 11.3. The van der Waals surface area contributed by atoms with Crippen molar-refractivity contribution >= 4 is 9.84 Å². The number of rotatable bonds is 6. The molecule has 1 aliphatic heterocycles. The summed E-state index contributed by atoms with van der Waals surface area (Å²) >= 11 is 0. The van der Waals surface area contributed by atoms with Crippen molar-refractivity contribution in [2.75, 3.05) is 18.6 Å². The maximum atomic E-state index is 10.9. The molecule has 5 heteroatoms. The normalized spacial score (nSPS) is 24.3. The highest BCUT2D eigenvalue weighted by atomic mass is 32.2. The highest BCUT2D eigenvalue weighted by Gasteiger charge is 2.17. The molecule has 2 atom stereocenters. The van der Waals surface area contributed by atoms with E-state index in [9.17, 15) is 13.5 Å². The van der Waals surface area contributed by atoms with Crippen LogP contribution in [0.25, 0.3) is 0 Å². The zero-order valence-corrected chi connectivity index (χ0v) is 10.0. The SMILES string of the molecule is CS(=O)(=O)CC(O)CCCC1CCCO1. The Morgan fingerprint density at radius 2 is 2.27 bits per heavy atom. The first-order chi connectivity index (χ1) is 6.97. The number of ether oxygens (including phenoxy) is 1. The standard InChI is InChI=1S/C10H20O4S/c1-15(12,13)8-9(11)4-2-5-10-6-3-7-14-10/h9-11H,2-8H2,1H3. The Kier molecular flexibility index (Phi) is 5.02. The van der Waals surface area contributed by atoms with Gasteiger partial charge < -0.3 is 9.84 Å². The van der Waals surface area contributed by atoms with Crippen molar-refractivity contribution in [1.29, 1.82) is 0 Å². The van der Waals surface area contributed by atoms with Gasteiger partial charge in [0.25, 0.3) is 0 Å². The molecule has 0 amide bonds. The smallest absolute Gasteiger partial charge is 0.149 e. The van der Waals surface area contributed by atoms with Crippen LogP contribution in [-0.2, 0) is 14.6 Å². The molecule has 4 nitrogen and oxygen atoms in total. The molecule has 0 aromatic rings. The van der Waals surface area contributed by atoms with E-state index in [-0.39, 0.29) is 5.75 Å². The molecular weight excluding hydrogens is 216 g/mol. The summed E-state index contributed by atoms with van der Waals surface area (Å²) in [7, 11) is -3.05. The Bertz CT molecular complexity index is 267. The van der Waals surface area contributed by atoms with Gasteiger partial charge in [0.1, 0.15) is 9.84 Å². The van der Waals surface area contributed by atoms with Crippen LogP contribution in [0.1, 0.15) is 32.1 Å². The minimum atomic E-state index is -3.05. The van der Waals surface area contributed by atoms with Gasteiger partial charge in [0.15, 0.2) is 0 Å². The van der Waals surface area contributed by atoms with Crippen molar-refractivity contribution in [3.05, 3.63) is 0 Å². The molecule has 0 aromatic heterocycles. The van der Waals surface area contributed by atoms with Gasteiger partial charge in [0.2, 0.25) is 0 Å². The minimum Gasteiger partial charge on any atom is -0.392 e. The third-order valence-corrected chi connectivity index (χ3v) is 3.57. The molecule has 0 saturated carbocycles. The molecule has 0 spiro atoms. The van der Waals surface area contributed by atoms with E-state index >= 15 is 0 Å². The van der Waals surface area contributed by atoms with Crippen molar-refractivity contribution < 1.29 is 18.3 Å². The summed E-state index contributed by atoms with van der Waals surface area (Å²) in [6.07, 6.45) is 5.29. The molecule has 2 unspecified atom stereocenters. The first-order valence-electron chi connectivity index (χ1n) is 5.45. The van der Waals surface area contributed by atoms with E-state index in [4.69, 9.17) is 4.74 Å². The average Bonchev–Trinajstić information content (AvgIpc) is 2.53. The summed E-state index contributed by atoms with van der Waals surface area (Å²) in [5.41, 5.74) is 0. The Labute approximate surface area is 91.6 Å². The van der Waals surface area contributed by atoms with Crippen molar-refractivity contribution in [3.63, 3.8) is 0 Å². The molecule has 90 valence electrons. The lowest BCUT2D eigenvalue weighted by Gasteiger charge is -2.11. The van der Waals surface area contributed by atoms with Crippen molar-refractivity contribution in [2.45, 2.75) is 44.3 Å². The van der Waals surface area contributed by atoms with E-state index in [2.05, 4.69) is 0 Å². The number of hydrogen-bond acceptors (Lipinski definition) is 4. The Morgan fingerprint density at radius 3 is 2.80 bits per heavy atom. The molecule has 1 N–H and O–H groups in total. The molecule has 0 radical (unpaired) electrons. The van der Waals surface area contributed by atoms with Gasteiger partial charge in [-0.1, -0.05) is 0 Å². The molecule has 0 aromatic carbocycles. The van der Waals surface area contributed by atoms with E-state index < -0.39 is 15.9 Å². The van der Waals surface area contributed by atoms with E-state index in [0.717, 1.165) is 38.5 Å². The third kappa shape index (κ3) is 6.12. The quantitative estimate of drug-likeness (QED) is 0.739. The van der Waals surface area contributed by atoms with Gasteiger partial charge in [-0.25, -0.2) is 8.42 Å². The molecule has 1 heterocycles. The predicted molar refractivity (Wildman–Crippen MR) is 58.5 cm³/mol. The molecule has 1 saturated heterocycles. The molecule has 15 heavy (non-hydrogen) atoms. The van der Waals surface area contributed by atoms with E-state index in [1.54, 1.807) is 0 Å². The second-order valence-electron chi connectivity index (χ2n) is 4.31. The summed E-state index contributed by atoms with van der Waals surface area (Å²) in [6.45, 7) is 0.844. The largest absolute Gasteiger partial charge is 0.392 e. The fraction of sp³-hybridized carbons (Fsp3) is 1.00. The van der Waals surface area contributed by atoms with Gasteiger partial charge in [-0.05, 0) is 32.1 Å². The van der Waals surface area contributed by atoms with Gasteiger partial charge in [-0.15, -0.1) is 0 Å². The topological polar surface area (TPSA) is 63.6 Å². The lowest BCUT2D eigenvalue weighted by Crippen LogP contribution is -2.20. The Morgan fingerprint density at radius 1 is 1.53 bits per heavy atom. The van der Waals surface area contributed by atoms with Crippen LogP contribution in [0.2, 0.25) is 0 Å². The molecule has 0 aliphatic carbocycles. The van der Waals surface area contributed by atoms with Gasteiger partial charge in [0.05, 0.1) is 18.0 Å². The van der Waals surface area contributed by atoms with Crippen molar-refractivity contribution in [3.8, 4) is 0 Å². The van der Waals surface area contributed by atoms with E-state index in [1.165, 1.54) is 0 Å². The molecule has 1 aliphatic rings. The maximum Gasteiger partial charge on any atom is 0.149 e. The number of sulfone groups is 1. The van der Waals surface area contributed by atoms with Crippen LogP contribution in [0.3, 0.4) is 0 Å². The Balaban J connectivity index is 2.08. The second-order valence-corrected chi connectivity index (χ2v) is 6.50. The third-order valence-electron chi connectivity index (χ3n) is 2.58. The monoisotopic (exact) mass is 236 g/mol. The second kappa shape index (κ2) is 5.82. The van der Waals surface area contributed by atoms with Gasteiger partial charge in [-0.3, -0.25) is 0 Å². The van der Waals surface area contributed by atoms with Crippen LogP contribution in [0.15, 0.2) is 0 Å². The summed E-state index contributed by atoms with van der Waals surface area (Å²) < 4.78 is 27.2. The van der Waals surface area contributed by atoms with Crippen LogP contribution >= 0.6 is 0 Å². The first kappa shape index (κ1) is 12.9. The fourth-order valence-corrected chi connectivity index (χ4v) is 2.75. The minimum absolute atomic E-state index is 0.126. The average molecular weight is 236 g/mol. The van der Waals surface area contributed by atoms with Gasteiger partial charge >= 0.3 is 0 Å². The molecule has 0 bridgehead atoms. The molecular formula is C10H20O4S. The highest BCUT2D eigenvalue weighted by Crippen LogP contribution is 2.18. The van der Waals surface area contributed by atoms with Crippen LogP contribution in [-0.4, -0.2) is 44.3 Å². The fourth-order valence-electron chi connectivity index (χ4n) is 1.89. The van der Waals surface area contributed by atoms with Crippen LogP contribution < -0.4 is 0 Å². The van der Waals surface area contributed by atoms with Crippen molar-refractivity contribution in [2.24, 2.45) is 0 Å². The number of aliphatic hydroxyl groups is 1. The zero-order valence-electron chi connectivity index (χ0n) is 9.18. The highest BCUT2D eigenvalue weighted by molar-refractivity contribution is 7.90. The van der Waals surface area contributed by atoms with Gasteiger partial charge in [-0.2, -0.15) is 0 Å². The number of aliphatic hydroxyl groups excluding tert-OH is 1. The summed E-state index contributed by atoms with van der Waals surface area (Å²) in [4.78, 5) is 0. The molecule has 1 fully saturated rings. The maximum absolute atomic E-state index is 10.9. The summed E-state index contributed by atoms with van der Waals surface area (Å²) in [5.74, 6) is -0.126. The molecule has 1 rings (SSSR count). The van der Waals surface area contributed by atoms with Crippen LogP contribution in [0.4, 0.5) is 0 Å². The van der Waals surface area contributed by atoms with Crippen LogP contribution in [0, 0.1) is 0 Å². The summed E-state index contributed by atoms with van der Waals surface area (Å²) in [6, 6.07) is 0. The summed E-state index contributed by atoms with van der Waals surface area (Å²) in [5, 5.41) is 9.44. The first-order valence-corrected chi connectivity index (χ1v) is 7.51. The van der Waals surface area contributed by atoms with E-state index in [1.807, 2.05) is 0 Å².